The number of carbonyl (C=O) groups is 1. The van der Waals surface area contributed by atoms with Crippen LogP contribution in [0.15, 0.2) is 59.3 Å². The molecule has 1 aromatic heterocycles. The Kier molecular flexibility index (Phi) is 5.23. The lowest BCUT2D eigenvalue weighted by atomic mass is 10.0. The van der Waals surface area contributed by atoms with E-state index in [0.717, 1.165) is 24.0 Å². The molecule has 3 rings (SSSR count). The summed E-state index contributed by atoms with van der Waals surface area (Å²) in [6.45, 7) is 2.28. The summed E-state index contributed by atoms with van der Waals surface area (Å²) in [5, 5.41) is 6.45. The van der Waals surface area contributed by atoms with Gasteiger partial charge in [-0.1, -0.05) is 47.6 Å². The fourth-order valence-corrected chi connectivity index (χ4v) is 2.65. The Morgan fingerprint density at radius 2 is 1.92 bits per heavy atom. The molecule has 0 fully saturated rings. The number of benzene rings is 2. The van der Waals surface area contributed by atoms with E-state index in [9.17, 15) is 9.18 Å². The summed E-state index contributed by atoms with van der Waals surface area (Å²) >= 11 is 0. The number of amides is 1. The molecule has 5 heteroatoms. The topological polar surface area (TPSA) is 55.1 Å². The van der Waals surface area contributed by atoms with E-state index in [-0.39, 0.29) is 11.7 Å². The third kappa shape index (κ3) is 4.12. The summed E-state index contributed by atoms with van der Waals surface area (Å²) in [6, 6.07) is 14.6. The summed E-state index contributed by atoms with van der Waals surface area (Å²) in [6.07, 6.45) is 3.07. The third-order valence-electron chi connectivity index (χ3n) is 4.06. The molecule has 0 saturated heterocycles. The predicted octanol–water partition coefficient (Wildman–Crippen LogP) is 4.15. The van der Waals surface area contributed by atoms with Gasteiger partial charge in [-0.15, -0.1) is 0 Å². The van der Waals surface area contributed by atoms with Gasteiger partial charge in [0.1, 0.15) is 17.1 Å². The Labute approximate surface area is 145 Å². The van der Waals surface area contributed by atoms with Gasteiger partial charge in [-0.2, -0.15) is 0 Å². The number of rotatable bonds is 6. The van der Waals surface area contributed by atoms with Crippen molar-refractivity contribution in [3.63, 3.8) is 0 Å². The van der Waals surface area contributed by atoms with Crippen molar-refractivity contribution in [3.05, 3.63) is 77.4 Å². The zero-order valence-electron chi connectivity index (χ0n) is 14.0. The summed E-state index contributed by atoms with van der Waals surface area (Å²) in [5.41, 5.74) is 3.08. The zero-order valence-corrected chi connectivity index (χ0v) is 14.0. The molecule has 128 valence electrons. The zero-order chi connectivity index (χ0) is 17.6. The molecule has 0 aliphatic heterocycles. The van der Waals surface area contributed by atoms with Crippen molar-refractivity contribution in [2.45, 2.75) is 19.8 Å². The van der Waals surface area contributed by atoms with E-state index in [1.54, 1.807) is 19.1 Å². The molecule has 0 atom stereocenters. The van der Waals surface area contributed by atoms with Crippen LogP contribution in [0.4, 0.5) is 4.39 Å². The van der Waals surface area contributed by atoms with E-state index in [0.29, 0.717) is 23.4 Å². The molecule has 1 N–H and O–H groups in total. The van der Waals surface area contributed by atoms with Crippen molar-refractivity contribution in [3.8, 4) is 11.1 Å². The monoisotopic (exact) mass is 338 g/mol. The predicted molar refractivity (Wildman–Crippen MR) is 93.7 cm³/mol. The van der Waals surface area contributed by atoms with Crippen LogP contribution in [-0.2, 0) is 6.42 Å². The van der Waals surface area contributed by atoms with Crippen LogP contribution in [0.1, 0.15) is 28.1 Å². The number of nitrogens with one attached hydrogen (secondary N) is 1. The molecule has 4 nitrogen and oxygen atoms in total. The van der Waals surface area contributed by atoms with Gasteiger partial charge in [-0.25, -0.2) is 4.39 Å². The Morgan fingerprint density at radius 1 is 1.16 bits per heavy atom. The molecule has 2 aromatic carbocycles. The normalized spacial score (nSPS) is 10.6. The van der Waals surface area contributed by atoms with Gasteiger partial charge in [-0.3, -0.25) is 4.79 Å². The molecule has 0 radical (unpaired) electrons. The molecule has 1 heterocycles. The molecule has 0 saturated carbocycles. The largest absolute Gasteiger partial charge is 0.361 e. The standard InChI is InChI=1S/C20H19FN2O2/c1-14-18(13-23-25-14)20(24)22-12-4-5-15-8-10-16(11-9-15)17-6-2-3-7-19(17)21/h2-3,6-11,13H,4-5,12H2,1H3,(H,22,24). The first-order chi connectivity index (χ1) is 12.1. The summed E-state index contributed by atoms with van der Waals surface area (Å²) in [7, 11) is 0. The molecule has 0 spiro atoms. The van der Waals surface area contributed by atoms with Gasteiger partial charge in [0.05, 0.1) is 6.20 Å². The smallest absolute Gasteiger partial charge is 0.256 e. The van der Waals surface area contributed by atoms with Crippen molar-refractivity contribution in [1.82, 2.24) is 10.5 Å². The molecule has 3 aromatic rings. The molecule has 25 heavy (non-hydrogen) atoms. The minimum absolute atomic E-state index is 0.173. The average molecular weight is 338 g/mol. The SMILES string of the molecule is Cc1oncc1C(=O)NCCCc1ccc(-c2ccccc2F)cc1. The Balaban J connectivity index is 1.50. The maximum atomic E-state index is 13.8. The number of aryl methyl sites for hydroxylation is 2. The van der Waals surface area contributed by atoms with E-state index in [1.807, 2.05) is 30.3 Å². The van der Waals surface area contributed by atoms with Crippen molar-refractivity contribution >= 4 is 5.91 Å². The second-order valence-corrected chi connectivity index (χ2v) is 5.83. The fourth-order valence-electron chi connectivity index (χ4n) is 2.65. The minimum Gasteiger partial charge on any atom is -0.361 e. The van der Waals surface area contributed by atoms with Gasteiger partial charge in [-0.05, 0) is 37.0 Å². The number of nitrogens with zero attached hydrogens (tertiary/aromatic N) is 1. The first-order valence-electron chi connectivity index (χ1n) is 8.18. The summed E-state index contributed by atoms with van der Waals surface area (Å²) in [5.74, 6) is 0.122. The second-order valence-electron chi connectivity index (χ2n) is 5.83. The lowest BCUT2D eigenvalue weighted by molar-refractivity contribution is 0.0951. The number of hydrogen-bond acceptors (Lipinski definition) is 3. The number of hydrogen-bond donors (Lipinski definition) is 1. The first-order valence-corrected chi connectivity index (χ1v) is 8.18. The van der Waals surface area contributed by atoms with Gasteiger partial charge < -0.3 is 9.84 Å². The summed E-state index contributed by atoms with van der Waals surface area (Å²) < 4.78 is 18.7. The van der Waals surface area contributed by atoms with Crippen molar-refractivity contribution in [2.75, 3.05) is 6.54 Å². The van der Waals surface area contributed by atoms with Gasteiger partial charge in [0.15, 0.2) is 0 Å². The van der Waals surface area contributed by atoms with Crippen LogP contribution < -0.4 is 5.32 Å². The molecule has 0 aliphatic rings. The first kappa shape index (κ1) is 16.9. The van der Waals surface area contributed by atoms with E-state index in [2.05, 4.69) is 10.5 Å². The maximum Gasteiger partial charge on any atom is 0.256 e. The highest BCUT2D eigenvalue weighted by molar-refractivity contribution is 5.94. The molecule has 0 unspecified atom stereocenters. The number of carbonyl (C=O) groups excluding carboxylic acids is 1. The van der Waals surface area contributed by atoms with Gasteiger partial charge in [0, 0.05) is 12.1 Å². The van der Waals surface area contributed by atoms with Gasteiger partial charge >= 0.3 is 0 Å². The Morgan fingerprint density at radius 3 is 2.60 bits per heavy atom. The van der Waals surface area contributed by atoms with E-state index < -0.39 is 0 Å². The van der Waals surface area contributed by atoms with Crippen LogP contribution in [0.5, 0.6) is 0 Å². The second kappa shape index (κ2) is 7.75. The highest BCUT2D eigenvalue weighted by Crippen LogP contribution is 2.23. The van der Waals surface area contributed by atoms with Gasteiger partial charge in [0.25, 0.3) is 5.91 Å². The highest BCUT2D eigenvalue weighted by atomic mass is 19.1. The van der Waals surface area contributed by atoms with Crippen LogP contribution in [-0.4, -0.2) is 17.6 Å². The average Bonchev–Trinajstić information content (AvgIpc) is 3.06. The van der Waals surface area contributed by atoms with Gasteiger partial charge in [0.2, 0.25) is 0 Å². The highest BCUT2D eigenvalue weighted by Gasteiger charge is 2.11. The van der Waals surface area contributed by atoms with Crippen LogP contribution in [0.3, 0.4) is 0 Å². The van der Waals surface area contributed by atoms with E-state index in [4.69, 9.17) is 4.52 Å². The fraction of sp³-hybridized carbons (Fsp3) is 0.200. The maximum absolute atomic E-state index is 13.8. The lowest BCUT2D eigenvalue weighted by Crippen LogP contribution is -2.24. The molecule has 0 bridgehead atoms. The van der Waals surface area contributed by atoms with Crippen LogP contribution in [0, 0.1) is 12.7 Å². The summed E-state index contributed by atoms with van der Waals surface area (Å²) in [4.78, 5) is 11.9. The van der Waals surface area contributed by atoms with Crippen molar-refractivity contribution < 1.29 is 13.7 Å². The van der Waals surface area contributed by atoms with E-state index >= 15 is 0 Å². The number of halogens is 1. The van der Waals surface area contributed by atoms with Crippen LogP contribution in [0.2, 0.25) is 0 Å². The quantitative estimate of drug-likeness (QED) is 0.687. The number of aromatic nitrogens is 1. The van der Waals surface area contributed by atoms with Crippen molar-refractivity contribution in [1.29, 1.82) is 0 Å². The minimum atomic E-state index is -0.220. The Bertz CT molecular complexity index is 856. The van der Waals surface area contributed by atoms with Crippen LogP contribution >= 0.6 is 0 Å². The molecule has 0 aliphatic carbocycles. The molecular formula is C20H19FN2O2. The van der Waals surface area contributed by atoms with Crippen LogP contribution in [0.25, 0.3) is 11.1 Å². The lowest BCUT2D eigenvalue weighted by Gasteiger charge is -2.07. The third-order valence-corrected chi connectivity index (χ3v) is 4.06. The molecular weight excluding hydrogens is 319 g/mol. The van der Waals surface area contributed by atoms with Crippen molar-refractivity contribution in [2.24, 2.45) is 0 Å². The van der Waals surface area contributed by atoms with E-state index in [1.165, 1.54) is 12.3 Å². The molecule has 1 amide bonds. The Hall–Kier alpha value is -2.95.